The molecule has 1 heterocycles. The van der Waals surface area contributed by atoms with E-state index in [-0.39, 0.29) is 5.54 Å². The first-order valence-electron chi connectivity index (χ1n) is 6.15. The topological polar surface area (TPSA) is 37.2 Å². The summed E-state index contributed by atoms with van der Waals surface area (Å²) in [6, 6.07) is 2.20. The molecule has 3 nitrogen and oxygen atoms in total. The summed E-state index contributed by atoms with van der Waals surface area (Å²) >= 11 is 0. The van der Waals surface area contributed by atoms with Crippen molar-refractivity contribution in [2.24, 2.45) is 7.05 Å². The van der Waals surface area contributed by atoms with E-state index < -0.39 is 5.60 Å². The molecule has 0 fully saturated rings. The van der Waals surface area contributed by atoms with Crippen LogP contribution >= 0.6 is 0 Å². The average molecular weight is 238 g/mol. The molecule has 0 aliphatic rings. The Hall–Kier alpha value is -0.800. The molecule has 0 saturated heterocycles. The van der Waals surface area contributed by atoms with Crippen molar-refractivity contribution >= 4 is 0 Å². The fourth-order valence-electron chi connectivity index (χ4n) is 1.64. The summed E-state index contributed by atoms with van der Waals surface area (Å²) in [5.41, 5.74) is 2.78. The summed E-state index contributed by atoms with van der Waals surface area (Å²) in [5.74, 6) is 0. The third-order valence-electron chi connectivity index (χ3n) is 4.13. The molecule has 1 rings (SSSR count). The van der Waals surface area contributed by atoms with Crippen molar-refractivity contribution in [1.29, 1.82) is 0 Å². The Kier molecular flexibility index (Phi) is 3.75. The van der Waals surface area contributed by atoms with Crippen molar-refractivity contribution in [3.63, 3.8) is 0 Å². The number of hydrogen-bond acceptors (Lipinski definition) is 2. The SMILES string of the molecule is Cc1cc(CNC(C)(C)C(C)(C)O)c(C)n1C. The Balaban J connectivity index is 2.78. The molecule has 0 aromatic carbocycles. The lowest BCUT2D eigenvalue weighted by atomic mass is 9.86. The second-order valence-electron chi connectivity index (χ2n) is 5.99. The Morgan fingerprint density at radius 2 is 1.76 bits per heavy atom. The molecule has 17 heavy (non-hydrogen) atoms. The minimum absolute atomic E-state index is 0.316. The van der Waals surface area contributed by atoms with E-state index >= 15 is 0 Å². The first kappa shape index (κ1) is 14.3. The van der Waals surface area contributed by atoms with Gasteiger partial charge in [-0.25, -0.2) is 0 Å². The highest BCUT2D eigenvalue weighted by Crippen LogP contribution is 2.22. The molecule has 0 spiro atoms. The van der Waals surface area contributed by atoms with Gasteiger partial charge in [-0.2, -0.15) is 0 Å². The summed E-state index contributed by atoms with van der Waals surface area (Å²) in [7, 11) is 2.08. The van der Waals surface area contributed by atoms with Gasteiger partial charge in [0.15, 0.2) is 0 Å². The number of nitrogens with one attached hydrogen (secondary N) is 1. The molecule has 0 amide bonds. The van der Waals surface area contributed by atoms with Crippen molar-refractivity contribution in [2.75, 3.05) is 0 Å². The van der Waals surface area contributed by atoms with Crippen molar-refractivity contribution in [1.82, 2.24) is 9.88 Å². The zero-order chi connectivity index (χ0) is 13.4. The monoisotopic (exact) mass is 238 g/mol. The Morgan fingerprint density at radius 3 is 2.12 bits per heavy atom. The van der Waals surface area contributed by atoms with Crippen LogP contribution < -0.4 is 5.32 Å². The Labute approximate surface area is 105 Å². The molecular weight excluding hydrogens is 212 g/mol. The molecule has 0 aliphatic carbocycles. The highest BCUT2D eigenvalue weighted by Gasteiger charge is 2.34. The van der Waals surface area contributed by atoms with E-state index in [2.05, 4.69) is 36.8 Å². The second kappa shape index (κ2) is 4.46. The summed E-state index contributed by atoms with van der Waals surface area (Å²) in [4.78, 5) is 0. The Morgan fingerprint density at radius 1 is 1.24 bits per heavy atom. The minimum atomic E-state index is -0.745. The lowest BCUT2D eigenvalue weighted by Gasteiger charge is -2.38. The fraction of sp³-hybridized carbons (Fsp3) is 0.714. The van der Waals surface area contributed by atoms with E-state index in [4.69, 9.17) is 0 Å². The average Bonchev–Trinajstić information content (AvgIpc) is 2.41. The lowest BCUT2D eigenvalue weighted by Crippen LogP contribution is -2.55. The standard InChI is InChI=1S/C14H26N2O/c1-10-8-12(11(2)16(10)7)9-15-13(3,4)14(5,6)17/h8,15,17H,9H2,1-7H3. The van der Waals surface area contributed by atoms with Crippen LogP contribution in [0.4, 0.5) is 0 Å². The zero-order valence-electron chi connectivity index (χ0n) is 12.2. The Bertz CT molecular complexity index is 397. The number of aromatic nitrogens is 1. The molecule has 1 aromatic rings. The quantitative estimate of drug-likeness (QED) is 0.844. The lowest BCUT2D eigenvalue weighted by molar-refractivity contribution is -0.00534. The van der Waals surface area contributed by atoms with Gasteiger partial charge < -0.3 is 15.0 Å². The van der Waals surface area contributed by atoms with Gasteiger partial charge >= 0.3 is 0 Å². The smallest absolute Gasteiger partial charge is 0.0767 e. The predicted molar refractivity (Wildman–Crippen MR) is 72.1 cm³/mol. The maximum Gasteiger partial charge on any atom is 0.0767 e. The van der Waals surface area contributed by atoms with E-state index in [1.165, 1.54) is 17.0 Å². The van der Waals surface area contributed by atoms with Gasteiger partial charge in [-0.1, -0.05) is 0 Å². The van der Waals surface area contributed by atoms with Crippen LogP contribution in [0, 0.1) is 13.8 Å². The van der Waals surface area contributed by atoms with Gasteiger partial charge in [0.05, 0.1) is 5.60 Å². The van der Waals surface area contributed by atoms with Gasteiger partial charge in [0.1, 0.15) is 0 Å². The van der Waals surface area contributed by atoms with E-state index in [9.17, 15) is 5.11 Å². The van der Waals surface area contributed by atoms with Crippen LogP contribution in [0.3, 0.4) is 0 Å². The maximum atomic E-state index is 10.1. The number of aliphatic hydroxyl groups is 1. The first-order chi connectivity index (χ1) is 7.56. The third-order valence-corrected chi connectivity index (χ3v) is 4.13. The van der Waals surface area contributed by atoms with Crippen molar-refractivity contribution < 1.29 is 5.11 Å². The van der Waals surface area contributed by atoms with Crippen molar-refractivity contribution in [2.45, 2.75) is 59.2 Å². The maximum absolute atomic E-state index is 10.1. The van der Waals surface area contributed by atoms with Crippen LogP contribution in [-0.2, 0) is 13.6 Å². The predicted octanol–water partition coefficient (Wildman–Crippen LogP) is 2.28. The normalized spacial score (nSPS) is 13.2. The molecule has 1 aromatic heterocycles. The van der Waals surface area contributed by atoms with Gasteiger partial charge in [0.25, 0.3) is 0 Å². The van der Waals surface area contributed by atoms with Crippen LogP contribution in [0.25, 0.3) is 0 Å². The largest absolute Gasteiger partial charge is 0.389 e. The van der Waals surface area contributed by atoms with E-state index in [0.717, 1.165) is 6.54 Å². The van der Waals surface area contributed by atoms with Gasteiger partial charge in [-0.15, -0.1) is 0 Å². The van der Waals surface area contributed by atoms with Gasteiger partial charge in [0, 0.05) is 30.5 Å². The molecule has 98 valence electrons. The summed E-state index contributed by atoms with van der Waals surface area (Å²) in [6.07, 6.45) is 0. The van der Waals surface area contributed by atoms with Crippen LogP contribution in [0.2, 0.25) is 0 Å². The van der Waals surface area contributed by atoms with Crippen LogP contribution in [0.15, 0.2) is 6.07 Å². The van der Waals surface area contributed by atoms with Gasteiger partial charge in [-0.05, 0) is 53.2 Å². The minimum Gasteiger partial charge on any atom is -0.389 e. The number of aryl methyl sites for hydroxylation is 1. The fourth-order valence-corrected chi connectivity index (χ4v) is 1.64. The van der Waals surface area contributed by atoms with Crippen LogP contribution in [0.1, 0.15) is 44.6 Å². The van der Waals surface area contributed by atoms with E-state index in [0.29, 0.717) is 0 Å². The molecule has 0 aliphatic heterocycles. The molecular formula is C14H26N2O. The molecule has 0 atom stereocenters. The highest BCUT2D eigenvalue weighted by atomic mass is 16.3. The molecule has 3 heteroatoms. The highest BCUT2D eigenvalue weighted by molar-refractivity contribution is 5.26. The van der Waals surface area contributed by atoms with Gasteiger partial charge in [0.2, 0.25) is 0 Å². The summed E-state index contributed by atoms with van der Waals surface area (Å²) < 4.78 is 2.19. The van der Waals surface area contributed by atoms with E-state index in [1.54, 1.807) is 0 Å². The first-order valence-corrected chi connectivity index (χ1v) is 6.15. The van der Waals surface area contributed by atoms with E-state index in [1.807, 2.05) is 27.7 Å². The number of rotatable bonds is 4. The molecule has 0 bridgehead atoms. The van der Waals surface area contributed by atoms with Crippen molar-refractivity contribution in [3.8, 4) is 0 Å². The number of hydrogen-bond donors (Lipinski definition) is 2. The molecule has 0 radical (unpaired) electrons. The van der Waals surface area contributed by atoms with Crippen LogP contribution in [-0.4, -0.2) is 20.8 Å². The number of nitrogens with zero attached hydrogens (tertiary/aromatic N) is 1. The molecule has 0 unspecified atom stereocenters. The second-order valence-corrected chi connectivity index (χ2v) is 5.99. The van der Waals surface area contributed by atoms with Gasteiger partial charge in [-0.3, -0.25) is 0 Å². The molecule has 2 N–H and O–H groups in total. The molecule has 0 saturated carbocycles. The van der Waals surface area contributed by atoms with Crippen LogP contribution in [0.5, 0.6) is 0 Å². The zero-order valence-corrected chi connectivity index (χ0v) is 12.2. The van der Waals surface area contributed by atoms with Crippen molar-refractivity contribution in [3.05, 3.63) is 23.0 Å². The summed E-state index contributed by atoms with van der Waals surface area (Å²) in [5, 5.41) is 13.5. The summed E-state index contributed by atoms with van der Waals surface area (Å²) in [6.45, 7) is 12.7. The third kappa shape index (κ3) is 2.90.